The molecule has 2 N–H and O–H groups in total. The van der Waals surface area contributed by atoms with Gasteiger partial charge in [-0.25, -0.2) is 4.98 Å². The molecule has 25 heteroatoms. The molecule has 11 atom stereocenters. The van der Waals surface area contributed by atoms with Crippen LogP contribution in [0.2, 0.25) is 0 Å². The number of carbonyl (C=O) groups is 7. The summed E-state index contributed by atoms with van der Waals surface area (Å²) in [6.07, 6.45) is -17.0. The summed E-state index contributed by atoms with van der Waals surface area (Å²) in [6.45, 7) is 9.09. The highest BCUT2D eigenvalue weighted by Crippen LogP contribution is 2.41. The van der Waals surface area contributed by atoms with E-state index in [-0.39, 0.29) is 24.2 Å². The van der Waals surface area contributed by atoms with Crippen molar-refractivity contribution in [2.75, 3.05) is 13.2 Å². The second kappa shape index (κ2) is 24.8. The first-order valence-electron chi connectivity index (χ1n) is 24.0. The van der Waals surface area contributed by atoms with E-state index < -0.39 is 140 Å². The number of aliphatic hydroxyl groups is 2. The first-order chi connectivity index (χ1) is 35.7. The lowest BCUT2D eigenvalue weighted by Gasteiger charge is -2.48. The molecule has 1 aliphatic carbocycles. The van der Waals surface area contributed by atoms with Crippen molar-refractivity contribution in [2.45, 2.75) is 167 Å². The van der Waals surface area contributed by atoms with Gasteiger partial charge in [0, 0.05) is 72.8 Å². The van der Waals surface area contributed by atoms with Crippen LogP contribution in [-0.2, 0) is 99.1 Å². The highest BCUT2D eigenvalue weighted by molar-refractivity contribution is 5.69. The summed E-state index contributed by atoms with van der Waals surface area (Å²) < 4.78 is 98.1. The van der Waals surface area contributed by atoms with Crippen molar-refractivity contribution >= 4 is 41.8 Å². The molecule has 3 fully saturated rings. The molecule has 76 heavy (non-hydrogen) atoms. The predicted octanol–water partition coefficient (Wildman–Crippen LogP) is 3.66. The fraction of sp³-hybridized carbons (Fsp3) is 0.549. The Hall–Kier alpha value is -6.93. The summed E-state index contributed by atoms with van der Waals surface area (Å²) in [5.41, 5.74) is 0.0756. The molecule has 3 aliphatic rings. The minimum Gasteiger partial charge on any atom is -0.490 e. The number of benzene rings is 1. The van der Waals surface area contributed by atoms with Crippen LogP contribution in [0.25, 0.3) is 0 Å². The van der Waals surface area contributed by atoms with Crippen molar-refractivity contribution in [1.82, 2.24) is 9.97 Å². The molecule has 2 saturated heterocycles. The number of hydrogen-bond acceptors (Lipinski definition) is 23. The number of halogens is 2. The van der Waals surface area contributed by atoms with Crippen LogP contribution < -0.4 is 9.47 Å². The third-order valence-corrected chi connectivity index (χ3v) is 11.7. The van der Waals surface area contributed by atoms with Crippen LogP contribution in [-0.4, -0.2) is 143 Å². The Morgan fingerprint density at radius 1 is 0.605 bits per heavy atom. The van der Waals surface area contributed by atoms with Crippen LogP contribution in [0.4, 0.5) is 8.78 Å². The number of aromatic nitrogens is 2. The zero-order valence-electron chi connectivity index (χ0n) is 43.0. The number of pyridine rings is 2. The third kappa shape index (κ3) is 16.0. The van der Waals surface area contributed by atoms with E-state index in [0.717, 1.165) is 54.5 Å². The minimum atomic E-state index is -4.19. The SMILES string of the molecule is CC(=O)OCC1O[C@@H](O[C@@H]2C(COC(C)=O)O[C@@H](Oc3ccc(C[C@H](c4ccc(C(C)(C)O)nc4)c4ccc(C(O)(F)F)c(OC5CC5)c4)cn3)[C@H](OC(C)=O)C2OC(C)=O)[C@H](OC(C)=O)C(OC(C)=O)[C@@H]1OC(C)=O. The number of nitrogens with zero attached hydrogens (tertiary/aromatic N) is 2. The number of alkyl halides is 2. The third-order valence-electron chi connectivity index (χ3n) is 11.7. The van der Waals surface area contributed by atoms with E-state index in [2.05, 4.69) is 9.97 Å². The fourth-order valence-corrected chi connectivity index (χ4v) is 8.39. The Morgan fingerprint density at radius 2 is 1.12 bits per heavy atom. The van der Waals surface area contributed by atoms with E-state index >= 15 is 0 Å². The maximum atomic E-state index is 14.4. The monoisotopic (exact) mass is 1070 g/mol. The van der Waals surface area contributed by atoms with Gasteiger partial charge in [0.1, 0.15) is 42.9 Å². The minimum absolute atomic E-state index is 0.153. The summed E-state index contributed by atoms with van der Waals surface area (Å²) >= 11 is 0. The Balaban J connectivity index is 1.35. The lowest BCUT2D eigenvalue weighted by Crippen LogP contribution is -2.67. The van der Waals surface area contributed by atoms with E-state index in [0.29, 0.717) is 35.2 Å². The van der Waals surface area contributed by atoms with E-state index in [1.165, 1.54) is 24.4 Å². The maximum Gasteiger partial charge on any atom is 0.384 e. The molecule has 2 aliphatic heterocycles. The molecule has 0 radical (unpaired) electrons. The van der Waals surface area contributed by atoms with Crippen LogP contribution in [0.15, 0.2) is 54.9 Å². The molecule has 0 bridgehead atoms. The lowest BCUT2D eigenvalue weighted by molar-refractivity contribution is -0.354. The quantitative estimate of drug-likeness (QED) is 0.114. The molecule has 3 aromatic rings. The molecule has 1 saturated carbocycles. The smallest absolute Gasteiger partial charge is 0.384 e. The van der Waals surface area contributed by atoms with E-state index in [1.807, 2.05) is 0 Å². The van der Waals surface area contributed by atoms with Gasteiger partial charge in [-0.1, -0.05) is 18.2 Å². The Kier molecular flexibility index (Phi) is 19.1. The predicted molar refractivity (Wildman–Crippen MR) is 249 cm³/mol. The summed E-state index contributed by atoms with van der Waals surface area (Å²) in [5.74, 6) is -7.27. The topological polar surface area (TPSA) is 296 Å². The summed E-state index contributed by atoms with van der Waals surface area (Å²) in [6, 6.07) is 10.4. The molecule has 414 valence electrons. The summed E-state index contributed by atoms with van der Waals surface area (Å²) in [4.78, 5) is 96.6. The molecule has 23 nitrogen and oxygen atoms in total. The number of carbonyl (C=O) groups excluding carboxylic acids is 7. The van der Waals surface area contributed by atoms with Crippen molar-refractivity contribution in [3.8, 4) is 11.6 Å². The zero-order chi connectivity index (χ0) is 55.8. The molecule has 4 unspecified atom stereocenters. The zero-order valence-corrected chi connectivity index (χ0v) is 43.0. The lowest BCUT2D eigenvalue weighted by atomic mass is 9.86. The van der Waals surface area contributed by atoms with Gasteiger partial charge in [0.15, 0.2) is 30.7 Å². The van der Waals surface area contributed by atoms with Crippen LogP contribution in [0.1, 0.15) is 109 Å². The summed E-state index contributed by atoms with van der Waals surface area (Å²) in [7, 11) is 0. The molecular weight excluding hydrogens is 1010 g/mol. The molecule has 6 rings (SSSR count). The molecule has 1 aromatic carbocycles. The van der Waals surface area contributed by atoms with Gasteiger partial charge in [-0.2, -0.15) is 8.78 Å². The number of rotatable bonds is 21. The average molecular weight is 1080 g/mol. The van der Waals surface area contributed by atoms with Gasteiger partial charge in [0.2, 0.25) is 18.3 Å². The van der Waals surface area contributed by atoms with E-state index in [9.17, 15) is 52.6 Å². The molecular formula is C51H60F2N2O21. The number of ether oxygens (including phenoxy) is 12. The van der Waals surface area contributed by atoms with Gasteiger partial charge < -0.3 is 67.1 Å². The molecule has 0 amide bonds. The second-order valence-corrected chi connectivity index (χ2v) is 18.7. The largest absolute Gasteiger partial charge is 0.490 e. The van der Waals surface area contributed by atoms with Gasteiger partial charge in [-0.3, -0.25) is 38.5 Å². The maximum absolute atomic E-state index is 14.4. The van der Waals surface area contributed by atoms with Crippen LogP contribution in [0.3, 0.4) is 0 Å². The van der Waals surface area contributed by atoms with Crippen LogP contribution in [0.5, 0.6) is 11.6 Å². The van der Waals surface area contributed by atoms with Gasteiger partial charge in [-0.15, -0.1) is 0 Å². The standard InChI is InChI=1S/C51H60F2N2O21/c1-24(56)65-22-38-42(67-26(3)58)44(68-27(4)59)47(71-30(7)62)49(74-38)76-43-39(23-66-25(2)57)73-48(46(70-29(6)61)45(43)69-28(5)60)75-41-17-10-31(20-55-41)18-35(33-12-16-40(54-21-33)50(8,9)63)32-11-15-36(51(52,53)64)37(19-32)72-34-13-14-34/h10-12,15-17,19-21,34-35,38-39,42-49,63-64H,13-14,18,22-23H2,1-9H3/t35-,38?,39?,42+,43+,44?,45?,46+,47+,48-,49-/m0/s1. The Morgan fingerprint density at radius 3 is 1.61 bits per heavy atom. The summed E-state index contributed by atoms with van der Waals surface area (Å²) in [5, 5.41) is 20.3. The van der Waals surface area contributed by atoms with Crippen LogP contribution in [0, 0.1) is 0 Å². The number of esters is 7. The molecule has 0 spiro atoms. The van der Waals surface area contributed by atoms with Gasteiger partial charge in [0.25, 0.3) is 0 Å². The average Bonchev–Trinajstić information content (AvgIpc) is 4.14. The van der Waals surface area contributed by atoms with E-state index in [4.69, 9.17) is 56.8 Å². The van der Waals surface area contributed by atoms with Crippen LogP contribution >= 0.6 is 0 Å². The highest BCUT2D eigenvalue weighted by atomic mass is 19.3. The van der Waals surface area contributed by atoms with Gasteiger partial charge in [-0.05, 0) is 68.0 Å². The van der Waals surface area contributed by atoms with Crippen molar-refractivity contribution < 1.29 is 109 Å². The fourth-order valence-electron chi connectivity index (χ4n) is 8.39. The first kappa shape index (κ1) is 58.3. The first-order valence-corrected chi connectivity index (χ1v) is 24.0. The van der Waals surface area contributed by atoms with Gasteiger partial charge >= 0.3 is 47.9 Å². The Labute approximate surface area is 434 Å². The second-order valence-electron chi connectivity index (χ2n) is 18.7. The number of hydrogen-bond donors (Lipinski definition) is 2. The highest BCUT2D eigenvalue weighted by Gasteiger charge is 2.58. The molecule has 2 aromatic heterocycles. The Bertz CT molecular complexity index is 2570. The van der Waals surface area contributed by atoms with Crippen molar-refractivity contribution in [2.24, 2.45) is 0 Å². The van der Waals surface area contributed by atoms with Crippen molar-refractivity contribution in [1.29, 1.82) is 0 Å². The van der Waals surface area contributed by atoms with Gasteiger partial charge in [0.05, 0.1) is 17.4 Å². The van der Waals surface area contributed by atoms with Crippen molar-refractivity contribution in [3.63, 3.8) is 0 Å². The normalized spacial score (nSPS) is 24.9. The van der Waals surface area contributed by atoms with E-state index in [1.54, 1.807) is 38.2 Å². The van der Waals surface area contributed by atoms with Crippen molar-refractivity contribution in [3.05, 3.63) is 82.8 Å². The molecule has 4 heterocycles.